The van der Waals surface area contributed by atoms with Crippen LogP contribution < -0.4 is 0 Å². The van der Waals surface area contributed by atoms with Crippen LogP contribution in [0.5, 0.6) is 0 Å². The number of carbonyl (C=O) groups is 2. The molecule has 0 spiro atoms. The van der Waals surface area contributed by atoms with Crippen LogP contribution in [0.2, 0.25) is 0 Å². The van der Waals surface area contributed by atoms with Gasteiger partial charge in [0.25, 0.3) is 0 Å². The van der Waals surface area contributed by atoms with E-state index in [0.29, 0.717) is 29.4 Å². The van der Waals surface area contributed by atoms with Crippen LogP contribution in [0.15, 0.2) is 53.6 Å². The molecule has 0 bridgehead atoms. The molecule has 3 saturated carbocycles. The topological polar surface area (TPSA) is 52.6 Å². The Bertz CT molecular complexity index is 1360. The van der Waals surface area contributed by atoms with Crippen LogP contribution in [-0.4, -0.2) is 24.6 Å². The highest BCUT2D eigenvalue weighted by molar-refractivity contribution is 5.89. The quantitative estimate of drug-likeness (QED) is 0.330. The Hall–Kier alpha value is -2.36. The number of carbonyl (C=O) groups excluding carboxylic acids is 2. The van der Waals surface area contributed by atoms with Gasteiger partial charge in [-0.15, -0.1) is 0 Å². The largest absolute Gasteiger partial charge is 0.462 e. The number of hydrogen-bond donors (Lipinski definition) is 0. The standard InChI is InChI=1S/C39H54O4/c1-26(40)43-32-17-18-37(6)28-16-19-39(8)31-24-35(4,25-42-33(41)27-12-10-9-11-13-27)20-21-36(31,5)22-23-38(39,7)29(28)14-15-30(37)34(32,2)3/h9-14,16,30-32H,15,17-25H2,1-8H3. The second-order valence-corrected chi connectivity index (χ2v) is 17.0. The van der Waals surface area contributed by atoms with Crippen LogP contribution in [0.4, 0.5) is 0 Å². The molecule has 0 saturated heterocycles. The van der Waals surface area contributed by atoms with Crippen molar-refractivity contribution in [1.82, 2.24) is 0 Å². The number of allylic oxidation sites excluding steroid dienone is 4. The molecule has 6 rings (SSSR count). The van der Waals surface area contributed by atoms with Crippen molar-refractivity contribution in [2.45, 2.75) is 119 Å². The lowest BCUT2D eigenvalue weighted by molar-refractivity contribution is -0.167. The lowest BCUT2D eigenvalue weighted by Gasteiger charge is -2.69. The summed E-state index contributed by atoms with van der Waals surface area (Å²) in [6.07, 6.45) is 15.3. The average Bonchev–Trinajstić information content (AvgIpc) is 2.96. The highest BCUT2D eigenvalue weighted by Crippen LogP contribution is 2.74. The van der Waals surface area contributed by atoms with Gasteiger partial charge in [-0.1, -0.05) is 78.8 Å². The van der Waals surface area contributed by atoms with Gasteiger partial charge in [0.15, 0.2) is 0 Å². The molecule has 5 aliphatic carbocycles. The molecule has 0 aromatic heterocycles. The Morgan fingerprint density at radius 3 is 2.23 bits per heavy atom. The predicted molar refractivity (Wildman–Crippen MR) is 171 cm³/mol. The summed E-state index contributed by atoms with van der Waals surface area (Å²) in [6, 6.07) is 9.41. The van der Waals surface area contributed by atoms with Gasteiger partial charge in [0, 0.05) is 17.8 Å². The molecule has 4 heteroatoms. The van der Waals surface area contributed by atoms with Gasteiger partial charge in [0.05, 0.1) is 12.2 Å². The van der Waals surface area contributed by atoms with Gasteiger partial charge in [0.2, 0.25) is 0 Å². The summed E-state index contributed by atoms with van der Waals surface area (Å²) in [4.78, 5) is 24.8. The van der Waals surface area contributed by atoms with Crippen molar-refractivity contribution >= 4 is 11.9 Å². The molecule has 43 heavy (non-hydrogen) atoms. The maximum atomic E-state index is 12.9. The Labute approximate surface area is 260 Å². The summed E-state index contributed by atoms with van der Waals surface area (Å²) in [5, 5.41) is 0. The molecule has 8 unspecified atom stereocenters. The molecular formula is C39H54O4. The van der Waals surface area contributed by atoms with Gasteiger partial charge in [0.1, 0.15) is 6.10 Å². The van der Waals surface area contributed by atoms with Gasteiger partial charge < -0.3 is 9.47 Å². The highest BCUT2D eigenvalue weighted by atomic mass is 16.5. The summed E-state index contributed by atoms with van der Waals surface area (Å²) < 4.78 is 11.9. The molecule has 8 atom stereocenters. The first-order valence-electron chi connectivity index (χ1n) is 16.9. The minimum atomic E-state index is -0.207. The number of hydrogen-bond acceptors (Lipinski definition) is 4. The predicted octanol–water partition coefficient (Wildman–Crippen LogP) is 9.50. The SMILES string of the molecule is CC(=O)OC1CCC2(C)C3=CCC4(C)C5CC(C)(COC(=O)c6ccccc6)CCC5(C)CCC4(C)C3=CCC2C1(C)C. The van der Waals surface area contributed by atoms with Crippen molar-refractivity contribution in [3.8, 4) is 0 Å². The van der Waals surface area contributed by atoms with E-state index in [1.54, 1.807) is 18.1 Å². The smallest absolute Gasteiger partial charge is 0.338 e. The normalized spacial score (nSPS) is 43.0. The molecule has 234 valence electrons. The third-order valence-electron chi connectivity index (χ3n) is 14.1. The van der Waals surface area contributed by atoms with E-state index in [1.165, 1.54) is 19.3 Å². The number of rotatable bonds is 4. The van der Waals surface area contributed by atoms with Crippen molar-refractivity contribution in [2.24, 2.45) is 44.3 Å². The number of benzene rings is 1. The Morgan fingerprint density at radius 2 is 1.53 bits per heavy atom. The van der Waals surface area contributed by atoms with Crippen molar-refractivity contribution in [3.63, 3.8) is 0 Å². The molecule has 0 aliphatic heterocycles. The zero-order valence-electron chi connectivity index (χ0n) is 28.0. The summed E-state index contributed by atoms with van der Waals surface area (Å²) in [7, 11) is 0. The van der Waals surface area contributed by atoms with Crippen molar-refractivity contribution < 1.29 is 19.1 Å². The zero-order valence-corrected chi connectivity index (χ0v) is 28.0. The fourth-order valence-electron chi connectivity index (χ4n) is 11.1. The van der Waals surface area contributed by atoms with Gasteiger partial charge in [-0.2, -0.15) is 0 Å². The molecule has 0 radical (unpaired) electrons. The summed E-state index contributed by atoms with van der Waals surface area (Å²) >= 11 is 0. The Morgan fingerprint density at radius 1 is 0.837 bits per heavy atom. The van der Waals surface area contributed by atoms with E-state index in [0.717, 1.165) is 38.5 Å². The number of fused-ring (bicyclic) bond motifs is 7. The lowest BCUT2D eigenvalue weighted by atomic mass is 9.36. The van der Waals surface area contributed by atoms with Crippen LogP contribution >= 0.6 is 0 Å². The second-order valence-electron chi connectivity index (χ2n) is 17.0. The summed E-state index contributed by atoms with van der Waals surface area (Å²) in [5.74, 6) is 0.649. The van der Waals surface area contributed by atoms with Crippen molar-refractivity contribution in [2.75, 3.05) is 6.61 Å². The number of ether oxygens (including phenoxy) is 2. The fraction of sp³-hybridized carbons (Fsp3) is 0.692. The molecule has 4 nitrogen and oxygen atoms in total. The third-order valence-corrected chi connectivity index (χ3v) is 14.1. The first kappa shape index (κ1) is 30.7. The van der Waals surface area contributed by atoms with Crippen LogP contribution in [0, 0.1) is 44.3 Å². The Kier molecular flexibility index (Phi) is 7.18. The molecule has 0 heterocycles. The van der Waals surface area contributed by atoms with E-state index in [1.807, 2.05) is 30.3 Å². The molecule has 1 aromatic carbocycles. The maximum absolute atomic E-state index is 12.9. The van der Waals surface area contributed by atoms with Crippen molar-refractivity contribution in [3.05, 3.63) is 59.2 Å². The molecule has 1 aromatic rings. The highest BCUT2D eigenvalue weighted by Gasteiger charge is 2.66. The van der Waals surface area contributed by atoms with Crippen LogP contribution in [-0.2, 0) is 14.3 Å². The van der Waals surface area contributed by atoms with E-state index in [2.05, 4.69) is 60.6 Å². The molecule has 3 fully saturated rings. The van der Waals surface area contributed by atoms with Crippen LogP contribution in [0.3, 0.4) is 0 Å². The van der Waals surface area contributed by atoms with Crippen molar-refractivity contribution in [1.29, 1.82) is 0 Å². The molecule has 5 aliphatic rings. The summed E-state index contributed by atoms with van der Waals surface area (Å²) in [5.41, 5.74) is 4.43. The summed E-state index contributed by atoms with van der Waals surface area (Å²) in [6.45, 7) is 19.3. The lowest BCUT2D eigenvalue weighted by Crippen LogP contribution is -2.61. The monoisotopic (exact) mass is 586 g/mol. The molecule has 0 amide bonds. The minimum absolute atomic E-state index is 0.0169. The zero-order chi connectivity index (χ0) is 31.1. The van der Waals surface area contributed by atoms with E-state index < -0.39 is 0 Å². The van der Waals surface area contributed by atoms with E-state index in [-0.39, 0.29) is 45.1 Å². The minimum Gasteiger partial charge on any atom is -0.462 e. The second kappa shape index (κ2) is 10.1. The maximum Gasteiger partial charge on any atom is 0.338 e. The third kappa shape index (κ3) is 4.59. The first-order chi connectivity index (χ1) is 20.1. The fourth-order valence-corrected chi connectivity index (χ4v) is 11.1. The van der Waals surface area contributed by atoms with E-state index in [9.17, 15) is 9.59 Å². The van der Waals surface area contributed by atoms with Gasteiger partial charge in [-0.25, -0.2) is 4.79 Å². The molecule has 0 N–H and O–H groups in total. The molecular weight excluding hydrogens is 532 g/mol. The number of esters is 2. The van der Waals surface area contributed by atoms with Gasteiger partial charge in [-0.3, -0.25) is 4.79 Å². The first-order valence-corrected chi connectivity index (χ1v) is 16.9. The van der Waals surface area contributed by atoms with E-state index in [4.69, 9.17) is 9.47 Å². The van der Waals surface area contributed by atoms with Crippen LogP contribution in [0.1, 0.15) is 124 Å². The van der Waals surface area contributed by atoms with Crippen LogP contribution in [0.25, 0.3) is 0 Å². The average molecular weight is 587 g/mol. The van der Waals surface area contributed by atoms with E-state index >= 15 is 0 Å². The van der Waals surface area contributed by atoms with Gasteiger partial charge in [-0.05, 0) is 115 Å². The van der Waals surface area contributed by atoms with Gasteiger partial charge >= 0.3 is 11.9 Å². The Balaban J connectivity index is 1.29.